The zero-order valence-corrected chi connectivity index (χ0v) is 12.6. The molecule has 0 radical (unpaired) electrons. The van der Waals surface area contributed by atoms with Gasteiger partial charge in [0.2, 0.25) is 5.91 Å². The van der Waals surface area contributed by atoms with E-state index in [2.05, 4.69) is 19.2 Å². The SMILES string of the molecule is Cc1ccc(CC(=O)NC2(CN)CCCC(C)C2)cc1. The van der Waals surface area contributed by atoms with Gasteiger partial charge in [0.1, 0.15) is 0 Å². The van der Waals surface area contributed by atoms with Crippen molar-refractivity contribution < 1.29 is 4.79 Å². The maximum Gasteiger partial charge on any atom is 0.224 e. The molecular formula is C17H26N2O. The van der Waals surface area contributed by atoms with Crippen molar-refractivity contribution in [3.05, 3.63) is 35.4 Å². The third-order valence-corrected chi connectivity index (χ3v) is 4.37. The van der Waals surface area contributed by atoms with Gasteiger partial charge in [0.15, 0.2) is 0 Å². The molecule has 1 amide bonds. The van der Waals surface area contributed by atoms with E-state index in [1.807, 2.05) is 24.3 Å². The summed E-state index contributed by atoms with van der Waals surface area (Å²) in [4.78, 5) is 12.3. The Morgan fingerprint density at radius 2 is 2.10 bits per heavy atom. The quantitative estimate of drug-likeness (QED) is 0.886. The van der Waals surface area contributed by atoms with Crippen LogP contribution in [0.1, 0.15) is 43.7 Å². The second-order valence-corrected chi connectivity index (χ2v) is 6.40. The van der Waals surface area contributed by atoms with Crippen molar-refractivity contribution in [2.75, 3.05) is 6.54 Å². The highest BCUT2D eigenvalue weighted by atomic mass is 16.1. The van der Waals surface area contributed by atoms with Gasteiger partial charge < -0.3 is 11.1 Å². The number of rotatable bonds is 4. The Balaban J connectivity index is 1.97. The van der Waals surface area contributed by atoms with Gasteiger partial charge in [-0.25, -0.2) is 0 Å². The van der Waals surface area contributed by atoms with Crippen LogP contribution in [0, 0.1) is 12.8 Å². The van der Waals surface area contributed by atoms with Gasteiger partial charge in [-0.3, -0.25) is 4.79 Å². The van der Waals surface area contributed by atoms with Crippen molar-refractivity contribution in [2.45, 2.75) is 51.5 Å². The molecule has 2 atom stereocenters. The fraction of sp³-hybridized carbons (Fsp3) is 0.588. The van der Waals surface area contributed by atoms with Crippen molar-refractivity contribution in [1.82, 2.24) is 5.32 Å². The summed E-state index contributed by atoms with van der Waals surface area (Å²) in [5.41, 5.74) is 8.04. The van der Waals surface area contributed by atoms with Crippen molar-refractivity contribution in [3.63, 3.8) is 0 Å². The summed E-state index contributed by atoms with van der Waals surface area (Å²) < 4.78 is 0. The fourth-order valence-corrected chi connectivity index (χ4v) is 3.24. The fourth-order valence-electron chi connectivity index (χ4n) is 3.24. The van der Waals surface area contributed by atoms with Crippen LogP contribution in [0.2, 0.25) is 0 Å². The van der Waals surface area contributed by atoms with Crippen LogP contribution in [-0.4, -0.2) is 18.0 Å². The Bertz CT molecular complexity index is 455. The van der Waals surface area contributed by atoms with Crippen molar-refractivity contribution in [3.8, 4) is 0 Å². The van der Waals surface area contributed by atoms with Crippen molar-refractivity contribution in [1.29, 1.82) is 0 Å². The van der Waals surface area contributed by atoms with Crippen LogP contribution < -0.4 is 11.1 Å². The third kappa shape index (κ3) is 3.83. The Hall–Kier alpha value is -1.35. The van der Waals surface area contributed by atoms with E-state index in [0.717, 1.165) is 24.8 Å². The average Bonchev–Trinajstić information content (AvgIpc) is 2.41. The van der Waals surface area contributed by atoms with Gasteiger partial charge in [-0.2, -0.15) is 0 Å². The molecule has 0 aromatic heterocycles. The number of benzene rings is 1. The summed E-state index contributed by atoms with van der Waals surface area (Å²) in [6, 6.07) is 8.13. The highest BCUT2D eigenvalue weighted by molar-refractivity contribution is 5.79. The van der Waals surface area contributed by atoms with E-state index in [-0.39, 0.29) is 11.4 Å². The lowest BCUT2D eigenvalue weighted by Gasteiger charge is -2.40. The number of nitrogens with two attached hydrogens (primary N) is 1. The summed E-state index contributed by atoms with van der Waals surface area (Å²) in [6.45, 7) is 4.84. The molecule has 3 heteroatoms. The Kier molecular flexibility index (Phi) is 4.81. The van der Waals surface area contributed by atoms with Gasteiger partial charge in [-0.05, 0) is 31.2 Å². The summed E-state index contributed by atoms with van der Waals surface area (Å²) in [7, 11) is 0. The molecule has 1 saturated carbocycles. The van der Waals surface area contributed by atoms with Crippen molar-refractivity contribution in [2.24, 2.45) is 11.7 Å². The van der Waals surface area contributed by atoms with Gasteiger partial charge in [0.05, 0.1) is 12.0 Å². The Labute approximate surface area is 121 Å². The third-order valence-electron chi connectivity index (χ3n) is 4.37. The lowest BCUT2D eigenvalue weighted by atomic mass is 9.76. The molecule has 0 saturated heterocycles. The molecule has 2 rings (SSSR count). The molecule has 2 unspecified atom stereocenters. The minimum absolute atomic E-state index is 0.0911. The van der Waals surface area contributed by atoms with E-state index >= 15 is 0 Å². The normalized spacial score (nSPS) is 26.2. The van der Waals surface area contributed by atoms with E-state index in [4.69, 9.17) is 5.73 Å². The van der Waals surface area contributed by atoms with Crippen LogP contribution in [0.3, 0.4) is 0 Å². The summed E-state index contributed by atoms with van der Waals surface area (Å²) in [5.74, 6) is 0.736. The van der Waals surface area contributed by atoms with Crippen LogP contribution in [0.15, 0.2) is 24.3 Å². The number of hydrogen-bond donors (Lipinski definition) is 2. The largest absolute Gasteiger partial charge is 0.349 e. The smallest absolute Gasteiger partial charge is 0.224 e. The standard InChI is InChI=1S/C17H26N2O/c1-13-5-7-15(8-6-13)10-16(20)19-17(12-18)9-3-4-14(2)11-17/h5-8,14H,3-4,9-12,18H2,1-2H3,(H,19,20). The number of carbonyl (C=O) groups excluding carboxylic acids is 1. The molecule has 0 aliphatic heterocycles. The first kappa shape index (κ1) is 15.0. The monoisotopic (exact) mass is 274 g/mol. The zero-order chi connectivity index (χ0) is 14.6. The van der Waals surface area contributed by atoms with Crippen LogP contribution in [0.25, 0.3) is 0 Å². The summed E-state index contributed by atoms with van der Waals surface area (Å²) >= 11 is 0. The molecule has 20 heavy (non-hydrogen) atoms. The van der Waals surface area contributed by atoms with E-state index in [9.17, 15) is 4.79 Å². The molecule has 1 aromatic rings. The number of nitrogens with one attached hydrogen (secondary N) is 1. The molecule has 3 nitrogen and oxygen atoms in total. The number of hydrogen-bond acceptors (Lipinski definition) is 2. The summed E-state index contributed by atoms with van der Waals surface area (Å²) in [6.07, 6.45) is 4.85. The lowest BCUT2D eigenvalue weighted by molar-refractivity contribution is -0.122. The van der Waals surface area contributed by atoms with E-state index in [1.165, 1.54) is 12.0 Å². The number of aryl methyl sites for hydroxylation is 1. The van der Waals surface area contributed by atoms with Crippen LogP contribution in [0.5, 0.6) is 0 Å². The molecular weight excluding hydrogens is 248 g/mol. The van der Waals surface area contributed by atoms with Gasteiger partial charge in [-0.1, -0.05) is 49.6 Å². The number of amides is 1. The Morgan fingerprint density at radius 3 is 2.70 bits per heavy atom. The molecule has 0 spiro atoms. The molecule has 0 heterocycles. The predicted molar refractivity (Wildman–Crippen MR) is 82.4 cm³/mol. The molecule has 1 aliphatic rings. The van der Waals surface area contributed by atoms with Gasteiger partial charge in [0, 0.05) is 6.54 Å². The molecule has 0 bridgehead atoms. The molecule has 1 aliphatic carbocycles. The predicted octanol–water partition coefficient (Wildman–Crippen LogP) is 2.56. The zero-order valence-electron chi connectivity index (χ0n) is 12.6. The van der Waals surface area contributed by atoms with E-state index in [1.54, 1.807) is 0 Å². The van der Waals surface area contributed by atoms with Crippen LogP contribution >= 0.6 is 0 Å². The topological polar surface area (TPSA) is 55.1 Å². The first-order chi connectivity index (χ1) is 9.53. The second-order valence-electron chi connectivity index (χ2n) is 6.40. The number of carbonyl (C=O) groups is 1. The Morgan fingerprint density at radius 1 is 1.40 bits per heavy atom. The van der Waals surface area contributed by atoms with Gasteiger partial charge in [0.25, 0.3) is 0 Å². The van der Waals surface area contributed by atoms with Crippen LogP contribution in [0.4, 0.5) is 0 Å². The van der Waals surface area contributed by atoms with Crippen LogP contribution in [-0.2, 0) is 11.2 Å². The molecule has 3 N–H and O–H groups in total. The second kappa shape index (κ2) is 6.40. The average molecular weight is 274 g/mol. The lowest BCUT2D eigenvalue weighted by Crippen LogP contribution is -2.56. The molecule has 1 aromatic carbocycles. The van der Waals surface area contributed by atoms with Crippen molar-refractivity contribution >= 4 is 5.91 Å². The summed E-state index contributed by atoms with van der Waals surface area (Å²) in [5, 5.41) is 3.21. The minimum Gasteiger partial charge on any atom is -0.349 e. The first-order valence-corrected chi connectivity index (χ1v) is 7.60. The molecule has 110 valence electrons. The minimum atomic E-state index is -0.181. The molecule has 1 fully saturated rings. The highest BCUT2D eigenvalue weighted by Crippen LogP contribution is 2.31. The van der Waals surface area contributed by atoms with Gasteiger partial charge in [-0.15, -0.1) is 0 Å². The highest BCUT2D eigenvalue weighted by Gasteiger charge is 2.34. The maximum absolute atomic E-state index is 12.3. The van der Waals surface area contributed by atoms with Gasteiger partial charge >= 0.3 is 0 Å². The van der Waals surface area contributed by atoms with E-state index < -0.39 is 0 Å². The maximum atomic E-state index is 12.3. The van der Waals surface area contributed by atoms with E-state index in [0.29, 0.717) is 18.9 Å². The first-order valence-electron chi connectivity index (χ1n) is 7.60.